The van der Waals surface area contributed by atoms with Gasteiger partial charge in [-0.25, -0.2) is 13.1 Å². The molecule has 1 fully saturated rings. The number of benzene rings is 3. The molecule has 1 saturated heterocycles. The maximum Gasteiger partial charge on any atom is 0.242 e. The number of para-hydroxylation sites is 1. The Morgan fingerprint density at radius 3 is 2.33 bits per heavy atom. The van der Waals surface area contributed by atoms with Crippen molar-refractivity contribution in [3.8, 4) is 0 Å². The molecule has 6 nitrogen and oxygen atoms in total. The van der Waals surface area contributed by atoms with Crippen molar-refractivity contribution >= 4 is 32.4 Å². The molecule has 156 valence electrons. The lowest BCUT2D eigenvalue weighted by atomic mass is 10.0. The second-order valence-corrected chi connectivity index (χ2v) is 9.21. The SMILES string of the molecule is CNS(=O)(=O)c1ccccc1N1CCN(C(=O)Cc2cccc3ccccc23)CC1. The second-order valence-electron chi connectivity index (χ2n) is 7.36. The summed E-state index contributed by atoms with van der Waals surface area (Å²) in [6.45, 7) is 2.32. The number of sulfonamides is 1. The monoisotopic (exact) mass is 423 g/mol. The Labute approximate surface area is 177 Å². The van der Waals surface area contributed by atoms with Crippen molar-refractivity contribution in [1.29, 1.82) is 0 Å². The predicted molar refractivity (Wildman–Crippen MR) is 119 cm³/mol. The summed E-state index contributed by atoms with van der Waals surface area (Å²) in [7, 11) is -2.13. The Balaban J connectivity index is 1.46. The van der Waals surface area contributed by atoms with Crippen molar-refractivity contribution in [2.75, 3.05) is 38.1 Å². The van der Waals surface area contributed by atoms with Crippen LogP contribution in [0.3, 0.4) is 0 Å². The molecule has 0 atom stereocenters. The van der Waals surface area contributed by atoms with Gasteiger partial charge in [-0.15, -0.1) is 0 Å². The number of amides is 1. The molecule has 0 aromatic heterocycles. The lowest BCUT2D eigenvalue weighted by molar-refractivity contribution is -0.130. The third-order valence-electron chi connectivity index (χ3n) is 5.62. The van der Waals surface area contributed by atoms with Crippen LogP contribution in [-0.2, 0) is 21.2 Å². The minimum atomic E-state index is -3.54. The average molecular weight is 424 g/mol. The van der Waals surface area contributed by atoms with Crippen molar-refractivity contribution in [3.63, 3.8) is 0 Å². The molecule has 3 aromatic rings. The third kappa shape index (κ3) is 4.04. The summed E-state index contributed by atoms with van der Waals surface area (Å²) in [5.74, 6) is 0.0992. The number of fused-ring (bicyclic) bond motifs is 1. The molecule has 1 N–H and O–H groups in total. The number of carbonyl (C=O) groups is 1. The van der Waals surface area contributed by atoms with Gasteiger partial charge in [-0.05, 0) is 35.5 Å². The van der Waals surface area contributed by atoms with E-state index in [1.807, 2.05) is 46.2 Å². The number of anilines is 1. The Morgan fingerprint density at radius 1 is 0.900 bits per heavy atom. The molecule has 30 heavy (non-hydrogen) atoms. The number of piperazine rings is 1. The van der Waals surface area contributed by atoms with Gasteiger partial charge in [-0.2, -0.15) is 0 Å². The van der Waals surface area contributed by atoms with E-state index in [0.29, 0.717) is 38.3 Å². The van der Waals surface area contributed by atoms with Crippen molar-refractivity contribution in [1.82, 2.24) is 9.62 Å². The van der Waals surface area contributed by atoms with Crippen molar-refractivity contribution in [3.05, 3.63) is 72.3 Å². The number of rotatable bonds is 5. The van der Waals surface area contributed by atoms with Gasteiger partial charge in [-0.3, -0.25) is 4.79 Å². The van der Waals surface area contributed by atoms with Crippen LogP contribution < -0.4 is 9.62 Å². The fourth-order valence-corrected chi connectivity index (χ4v) is 4.92. The van der Waals surface area contributed by atoms with E-state index in [2.05, 4.69) is 22.9 Å². The van der Waals surface area contributed by atoms with Gasteiger partial charge in [0, 0.05) is 26.2 Å². The van der Waals surface area contributed by atoms with Crippen molar-refractivity contribution in [2.24, 2.45) is 0 Å². The normalized spacial score (nSPS) is 14.8. The maximum atomic E-state index is 12.9. The van der Waals surface area contributed by atoms with Gasteiger partial charge in [0.2, 0.25) is 15.9 Å². The van der Waals surface area contributed by atoms with Crippen LogP contribution in [0.1, 0.15) is 5.56 Å². The first kappa shape index (κ1) is 20.4. The van der Waals surface area contributed by atoms with E-state index in [9.17, 15) is 13.2 Å². The fourth-order valence-electron chi connectivity index (χ4n) is 3.97. The quantitative estimate of drug-likeness (QED) is 0.685. The summed E-state index contributed by atoms with van der Waals surface area (Å²) in [4.78, 5) is 17.1. The molecule has 4 rings (SSSR count). The van der Waals surface area contributed by atoms with Crippen molar-refractivity contribution < 1.29 is 13.2 Å². The van der Waals surface area contributed by atoms with E-state index in [-0.39, 0.29) is 10.8 Å². The third-order valence-corrected chi connectivity index (χ3v) is 7.08. The molecule has 3 aromatic carbocycles. The minimum Gasteiger partial charge on any atom is -0.367 e. The fraction of sp³-hybridized carbons (Fsp3) is 0.261. The zero-order chi connectivity index (χ0) is 21.1. The molecule has 0 radical (unpaired) electrons. The van der Waals surface area contributed by atoms with Crippen molar-refractivity contribution in [2.45, 2.75) is 11.3 Å². The number of nitrogens with zero attached hydrogens (tertiary/aromatic N) is 2. The summed E-state index contributed by atoms with van der Waals surface area (Å²) < 4.78 is 27.1. The first-order chi connectivity index (χ1) is 14.5. The van der Waals surface area contributed by atoms with E-state index in [4.69, 9.17) is 0 Å². The molecule has 0 unspecified atom stereocenters. The van der Waals surface area contributed by atoms with Crippen LogP contribution in [-0.4, -0.2) is 52.5 Å². The lowest BCUT2D eigenvalue weighted by Crippen LogP contribution is -2.49. The predicted octanol–water partition coefficient (Wildman–Crippen LogP) is 2.64. The van der Waals surface area contributed by atoms with Gasteiger partial charge in [0.1, 0.15) is 4.90 Å². The largest absolute Gasteiger partial charge is 0.367 e. The smallest absolute Gasteiger partial charge is 0.242 e. The summed E-state index contributed by atoms with van der Waals surface area (Å²) in [6.07, 6.45) is 0.367. The van der Waals surface area contributed by atoms with Crippen LogP contribution in [0, 0.1) is 0 Å². The van der Waals surface area contributed by atoms with Crippen LogP contribution in [0.2, 0.25) is 0 Å². The topological polar surface area (TPSA) is 69.7 Å². The van der Waals surface area contributed by atoms with Crippen LogP contribution in [0.15, 0.2) is 71.6 Å². The molecule has 0 spiro atoms. The number of carbonyl (C=O) groups excluding carboxylic acids is 1. The first-order valence-corrected chi connectivity index (χ1v) is 11.5. The highest BCUT2D eigenvalue weighted by Gasteiger charge is 2.25. The van der Waals surface area contributed by atoms with E-state index in [1.54, 1.807) is 12.1 Å². The lowest BCUT2D eigenvalue weighted by Gasteiger charge is -2.37. The number of hydrogen-bond donors (Lipinski definition) is 1. The molecular formula is C23H25N3O3S. The molecule has 7 heteroatoms. The number of hydrogen-bond acceptors (Lipinski definition) is 4. The first-order valence-electron chi connectivity index (χ1n) is 10.0. The molecule has 1 aliphatic heterocycles. The van der Waals surface area contributed by atoms with Gasteiger partial charge >= 0.3 is 0 Å². The van der Waals surface area contributed by atoms with E-state index in [0.717, 1.165) is 16.3 Å². The summed E-state index contributed by atoms with van der Waals surface area (Å²) in [5, 5.41) is 2.24. The average Bonchev–Trinajstić information content (AvgIpc) is 2.79. The summed E-state index contributed by atoms with van der Waals surface area (Å²) >= 11 is 0. The zero-order valence-electron chi connectivity index (χ0n) is 16.9. The molecule has 0 aliphatic carbocycles. The molecule has 1 aliphatic rings. The van der Waals surface area contributed by atoms with E-state index < -0.39 is 10.0 Å². The van der Waals surface area contributed by atoms with Gasteiger partial charge in [0.25, 0.3) is 0 Å². The zero-order valence-corrected chi connectivity index (χ0v) is 17.7. The summed E-state index contributed by atoms with van der Waals surface area (Å²) in [5.41, 5.74) is 1.71. The standard InChI is InChI=1S/C23H25N3O3S/c1-24-30(28,29)22-12-5-4-11-21(22)25-13-15-26(16-14-25)23(27)17-19-9-6-8-18-7-2-3-10-20(18)19/h2-12,24H,13-17H2,1H3. The van der Waals surface area contributed by atoms with Crippen LogP contribution in [0.25, 0.3) is 10.8 Å². The second kappa shape index (κ2) is 8.45. The Kier molecular flexibility index (Phi) is 5.74. The van der Waals surface area contributed by atoms with E-state index >= 15 is 0 Å². The van der Waals surface area contributed by atoms with Crippen LogP contribution in [0.4, 0.5) is 5.69 Å². The van der Waals surface area contributed by atoms with Gasteiger partial charge in [0.15, 0.2) is 0 Å². The van der Waals surface area contributed by atoms with E-state index in [1.165, 1.54) is 7.05 Å². The van der Waals surface area contributed by atoms with Gasteiger partial charge in [0.05, 0.1) is 12.1 Å². The Hall–Kier alpha value is -2.90. The van der Waals surface area contributed by atoms with Crippen LogP contribution in [0.5, 0.6) is 0 Å². The van der Waals surface area contributed by atoms with Gasteiger partial charge in [-0.1, -0.05) is 54.6 Å². The highest BCUT2D eigenvalue weighted by atomic mass is 32.2. The molecule has 0 bridgehead atoms. The molecular weight excluding hydrogens is 398 g/mol. The Morgan fingerprint density at radius 2 is 1.57 bits per heavy atom. The minimum absolute atomic E-state index is 0.0992. The highest BCUT2D eigenvalue weighted by molar-refractivity contribution is 7.89. The van der Waals surface area contributed by atoms with Crippen LogP contribution >= 0.6 is 0 Å². The maximum absolute atomic E-state index is 12.9. The van der Waals surface area contributed by atoms with Gasteiger partial charge < -0.3 is 9.80 Å². The summed E-state index contributed by atoms with van der Waals surface area (Å²) in [6, 6.07) is 21.1. The Bertz CT molecular complexity index is 1160. The highest BCUT2D eigenvalue weighted by Crippen LogP contribution is 2.26. The molecule has 0 saturated carbocycles. The molecule has 1 heterocycles. The molecule has 1 amide bonds. The number of nitrogens with one attached hydrogen (secondary N) is 1.